The average molecular weight is 276 g/mol. The minimum atomic E-state index is -0.956. The molecule has 0 bridgehead atoms. The van der Waals surface area contributed by atoms with Crippen LogP contribution >= 0.6 is 11.3 Å². The van der Waals surface area contributed by atoms with Gasteiger partial charge < -0.3 is 16.2 Å². The predicted octanol–water partition coefficient (Wildman–Crippen LogP) is 3.20. The SMILES string of the molecule is CCc1ccc(CNc2cc(N)ccc2C(=O)O)s1. The maximum Gasteiger partial charge on any atom is 0.337 e. The Hall–Kier alpha value is -2.01. The van der Waals surface area contributed by atoms with E-state index in [0.717, 1.165) is 6.42 Å². The van der Waals surface area contributed by atoms with Crippen molar-refractivity contribution in [3.8, 4) is 0 Å². The molecule has 0 aliphatic carbocycles. The highest BCUT2D eigenvalue weighted by molar-refractivity contribution is 7.12. The van der Waals surface area contributed by atoms with Gasteiger partial charge in [-0.15, -0.1) is 11.3 Å². The van der Waals surface area contributed by atoms with Crippen molar-refractivity contribution < 1.29 is 9.90 Å². The molecule has 2 aromatic rings. The first-order valence-electron chi connectivity index (χ1n) is 6.04. The number of carbonyl (C=O) groups is 1. The van der Waals surface area contributed by atoms with Crippen molar-refractivity contribution in [2.24, 2.45) is 0 Å². The van der Waals surface area contributed by atoms with Gasteiger partial charge in [0.1, 0.15) is 0 Å². The second-order valence-electron chi connectivity index (χ2n) is 4.19. The lowest BCUT2D eigenvalue weighted by molar-refractivity contribution is 0.0698. The number of rotatable bonds is 5. The van der Waals surface area contributed by atoms with E-state index in [1.807, 2.05) is 0 Å². The van der Waals surface area contributed by atoms with Gasteiger partial charge in [0.2, 0.25) is 0 Å². The van der Waals surface area contributed by atoms with Gasteiger partial charge in [0, 0.05) is 22.0 Å². The molecule has 0 aliphatic rings. The predicted molar refractivity (Wildman–Crippen MR) is 78.8 cm³/mol. The van der Waals surface area contributed by atoms with E-state index in [-0.39, 0.29) is 5.56 Å². The second kappa shape index (κ2) is 5.75. The number of anilines is 2. The lowest BCUT2D eigenvalue weighted by atomic mass is 10.1. The average Bonchev–Trinajstić information content (AvgIpc) is 2.84. The molecule has 100 valence electrons. The van der Waals surface area contributed by atoms with Gasteiger partial charge in [-0.2, -0.15) is 0 Å². The molecule has 0 unspecified atom stereocenters. The summed E-state index contributed by atoms with van der Waals surface area (Å²) >= 11 is 1.73. The lowest BCUT2D eigenvalue weighted by Crippen LogP contribution is -2.06. The van der Waals surface area contributed by atoms with Gasteiger partial charge in [-0.25, -0.2) is 4.79 Å². The third-order valence-corrected chi connectivity index (χ3v) is 4.02. The zero-order chi connectivity index (χ0) is 13.8. The smallest absolute Gasteiger partial charge is 0.337 e. The van der Waals surface area contributed by atoms with Crippen molar-refractivity contribution in [3.05, 3.63) is 45.6 Å². The molecule has 0 aliphatic heterocycles. The number of carboxylic acid groups (broad SMARTS) is 1. The standard InChI is InChI=1S/C14H16N2O2S/c1-2-10-4-5-11(19-10)8-16-13-7-9(15)3-6-12(13)14(17)18/h3-7,16H,2,8,15H2,1H3,(H,17,18). The molecule has 19 heavy (non-hydrogen) atoms. The number of thiophene rings is 1. The second-order valence-corrected chi connectivity index (χ2v) is 5.44. The molecule has 0 spiro atoms. The van der Waals surface area contributed by atoms with E-state index in [2.05, 4.69) is 24.4 Å². The maximum atomic E-state index is 11.1. The first-order chi connectivity index (χ1) is 9.10. The number of hydrogen-bond donors (Lipinski definition) is 3. The number of carboxylic acids is 1. The zero-order valence-electron chi connectivity index (χ0n) is 10.6. The molecule has 0 saturated carbocycles. The highest BCUT2D eigenvalue weighted by Crippen LogP contribution is 2.22. The fourth-order valence-electron chi connectivity index (χ4n) is 1.78. The largest absolute Gasteiger partial charge is 0.478 e. The summed E-state index contributed by atoms with van der Waals surface area (Å²) in [6.45, 7) is 2.72. The van der Waals surface area contributed by atoms with Crippen molar-refractivity contribution >= 4 is 28.7 Å². The Bertz CT molecular complexity index is 593. The van der Waals surface area contributed by atoms with Crippen LogP contribution in [0, 0.1) is 0 Å². The van der Waals surface area contributed by atoms with Crippen LogP contribution in [0.15, 0.2) is 30.3 Å². The van der Waals surface area contributed by atoms with Crippen LogP contribution in [0.4, 0.5) is 11.4 Å². The summed E-state index contributed by atoms with van der Waals surface area (Å²) in [5.41, 5.74) is 7.03. The summed E-state index contributed by atoms with van der Waals surface area (Å²) in [6, 6.07) is 8.92. The molecule has 2 rings (SSSR count). The summed E-state index contributed by atoms with van der Waals surface area (Å²) in [4.78, 5) is 13.6. The van der Waals surface area contributed by atoms with Crippen molar-refractivity contribution in [1.82, 2.24) is 0 Å². The van der Waals surface area contributed by atoms with Crippen molar-refractivity contribution in [1.29, 1.82) is 0 Å². The van der Waals surface area contributed by atoms with E-state index in [1.165, 1.54) is 15.8 Å². The van der Waals surface area contributed by atoms with Crippen LogP contribution in [0.2, 0.25) is 0 Å². The number of benzene rings is 1. The number of aromatic carboxylic acids is 1. The minimum Gasteiger partial charge on any atom is -0.478 e. The van der Waals surface area contributed by atoms with Crippen molar-refractivity contribution in [2.75, 3.05) is 11.1 Å². The molecule has 4 N–H and O–H groups in total. The molecule has 0 amide bonds. The number of nitrogens with two attached hydrogens (primary N) is 1. The molecule has 1 aromatic heterocycles. The first kappa shape index (κ1) is 13.4. The third kappa shape index (κ3) is 3.26. The molecule has 0 atom stereocenters. The first-order valence-corrected chi connectivity index (χ1v) is 6.86. The Morgan fingerprint density at radius 1 is 1.32 bits per heavy atom. The van der Waals surface area contributed by atoms with Crippen molar-refractivity contribution in [3.63, 3.8) is 0 Å². The summed E-state index contributed by atoms with van der Waals surface area (Å²) in [5, 5.41) is 12.3. The normalized spacial score (nSPS) is 10.4. The summed E-state index contributed by atoms with van der Waals surface area (Å²) < 4.78 is 0. The Kier molecular flexibility index (Phi) is 4.06. The molecule has 5 heteroatoms. The molecular weight excluding hydrogens is 260 g/mol. The molecular formula is C14H16N2O2S. The molecule has 4 nitrogen and oxygen atoms in total. The van der Waals surface area contributed by atoms with E-state index in [1.54, 1.807) is 23.5 Å². The monoisotopic (exact) mass is 276 g/mol. The van der Waals surface area contributed by atoms with E-state index >= 15 is 0 Å². The molecule has 0 saturated heterocycles. The third-order valence-electron chi connectivity index (χ3n) is 2.79. The molecule has 0 radical (unpaired) electrons. The van der Waals surface area contributed by atoms with Crippen LogP contribution in [-0.2, 0) is 13.0 Å². The van der Waals surface area contributed by atoms with Crippen LogP contribution in [0.5, 0.6) is 0 Å². The van der Waals surface area contributed by atoms with Gasteiger partial charge in [0.15, 0.2) is 0 Å². The van der Waals surface area contributed by atoms with Gasteiger partial charge in [-0.1, -0.05) is 6.92 Å². The van der Waals surface area contributed by atoms with E-state index < -0.39 is 5.97 Å². The van der Waals surface area contributed by atoms with Crippen LogP contribution in [0.25, 0.3) is 0 Å². The summed E-state index contributed by atoms with van der Waals surface area (Å²) in [6.07, 6.45) is 1.02. The highest BCUT2D eigenvalue weighted by Gasteiger charge is 2.10. The van der Waals surface area contributed by atoms with Crippen molar-refractivity contribution in [2.45, 2.75) is 19.9 Å². The van der Waals surface area contributed by atoms with Gasteiger partial charge >= 0.3 is 5.97 Å². The minimum absolute atomic E-state index is 0.237. The molecule has 0 fully saturated rings. The highest BCUT2D eigenvalue weighted by atomic mass is 32.1. The fraction of sp³-hybridized carbons (Fsp3) is 0.214. The lowest BCUT2D eigenvalue weighted by Gasteiger charge is -2.09. The number of nitrogens with one attached hydrogen (secondary N) is 1. The van der Waals surface area contributed by atoms with Gasteiger partial charge in [-0.05, 0) is 36.8 Å². The van der Waals surface area contributed by atoms with E-state index in [4.69, 9.17) is 10.8 Å². The van der Waals surface area contributed by atoms with Crippen LogP contribution in [-0.4, -0.2) is 11.1 Å². The van der Waals surface area contributed by atoms with Crippen LogP contribution in [0.3, 0.4) is 0 Å². The number of hydrogen-bond acceptors (Lipinski definition) is 4. The Labute approximate surface area is 115 Å². The van der Waals surface area contributed by atoms with Gasteiger partial charge in [0.25, 0.3) is 0 Å². The Balaban J connectivity index is 2.14. The summed E-state index contributed by atoms with van der Waals surface area (Å²) in [7, 11) is 0. The van der Waals surface area contributed by atoms with E-state index in [0.29, 0.717) is 17.9 Å². The van der Waals surface area contributed by atoms with Crippen LogP contribution < -0.4 is 11.1 Å². The Morgan fingerprint density at radius 3 is 2.68 bits per heavy atom. The number of nitrogen functional groups attached to an aromatic ring is 1. The fourth-order valence-corrected chi connectivity index (χ4v) is 2.68. The van der Waals surface area contributed by atoms with Gasteiger partial charge in [0.05, 0.1) is 11.3 Å². The number of aryl methyl sites for hydroxylation is 1. The summed E-state index contributed by atoms with van der Waals surface area (Å²) in [5.74, 6) is -0.956. The Morgan fingerprint density at radius 2 is 2.05 bits per heavy atom. The quantitative estimate of drug-likeness (QED) is 0.733. The molecule has 1 aromatic carbocycles. The van der Waals surface area contributed by atoms with E-state index in [9.17, 15) is 4.79 Å². The van der Waals surface area contributed by atoms with Crippen LogP contribution in [0.1, 0.15) is 27.0 Å². The maximum absolute atomic E-state index is 11.1. The topological polar surface area (TPSA) is 75.3 Å². The molecule has 1 heterocycles. The zero-order valence-corrected chi connectivity index (χ0v) is 11.5. The van der Waals surface area contributed by atoms with Gasteiger partial charge in [-0.3, -0.25) is 0 Å².